The fourth-order valence-electron chi connectivity index (χ4n) is 4.03. The summed E-state index contributed by atoms with van der Waals surface area (Å²) < 4.78 is 0. The largest absolute Gasteiger partial charge is 0.507 e. The molecule has 2 saturated heterocycles. The summed E-state index contributed by atoms with van der Waals surface area (Å²) in [6.07, 6.45) is 0. The van der Waals surface area contributed by atoms with Crippen molar-refractivity contribution in [1.82, 2.24) is 15.1 Å². The quantitative estimate of drug-likeness (QED) is 0.463. The Morgan fingerprint density at radius 1 is 0.931 bits per heavy atom. The highest BCUT2D eigenvalue weighted by Gasteiger charge is 2.45. The molecule has 1 amide bonds. The molecule has 2 N–H and O–H groups in total. The number of aliphatic hydroxyl groups excluding tert-OH is 1. The molecule has 6 heteroatoms. The second kappa shape index (κ2) is 8.59. The summed E-state index contributed by atoms with van der Waals surface area (Å²) in [5.74, 6) is -1.30. The predicted molar refractivity (Wildman–Crippen MR) is 111 cm³/mol. The summed E-state index contributed by atoms with van der Waals surface area (Å²) in [6, 6.07) is 17.8. The average molecular weight is 391 g/mol. The highest BCUT2D eigenvalue weighted by molar-refractivity contribution is 6.46. The van der Waals surface area contributed by atoms with E-state index in [0.717, 1.165) is 31.7 Å². The number of hydrogen-bond donors (Lipinski definition) is 2. The SMILES string of the molecule is O=C1C(=O)N(CCN2CCNCC2)C(c2ccccc2)/C1=C(/O)c1ccccc1. The minimum atomic E-state index is -0.625. The summed E-state index contributed by atoms with van der Waals surface area (Å²) in [7, 11) is 0. The van der Waals surface area contributed by atoms with Crippen molar-refractivity contribution in [1.29, 1.82) is 0 Å². The maximum atomic E-state index is 12.9. The van der Waals surface area contributed by atoms with E-state index >= 15 is 0 Å². The number of aliphatic hydroxyl groups is 1. The lowest BCUT2D eigenvalue weighted by molar-refractivity contribution is -0.140. The van der Waals surface area contributed by atoms with Gasteiger partial charge in [0.1, 0.15) is 5.76 Å². The highest BCUT2D eigenvalue weighted by atomic mass is 16.3. The third-order valence-electron chi connectivity index (χ3n) is 5.57. The van der Waals surface area contributed by atoms with E-state index in [0.29, 0.717) is 18.7 Å². The van der Waals surface area contributed by atoms with Crippen LogP contribution in [0.3, 0.4) is 0 Å². The average Bonchev–Trinajstić information content (AvgIpc) is 3.04. The number of piperazine rings is 1. The van der Waals surface area contributed by atoms with Gasteiger partial charge in [0.25, 0.3) is 11.7 Å². The Hall–Kier alpha value is -2.96. The fourth-order valence-corrected chi connectivity index (χ4v) is 4.03. The number of nitrogens with one attached hydrogen (secondary N) is 1. The molecule has 150 valence electrons. The lowest BCUT2D eigenvalue weighted by Crippen LogP contribution is -2.46. The molecular weight excluding hydrogens is 366 g/mol. The number of carbonyl (C=O) groups excluding carboxylic acids is 2. The van der Waals surface area contributed by atoms with E-state index in [1.165, 1.54) is 0 Å². The van der Waals surface area contributed by atoms with Gasteiger partial charge in [-0.3, -0.25) is 14.5 Å². The number of amides is 1. The van der Waals surface area contributed by atoms with Crippen molar-refractivity contribution < 1.29 is 14.7 Å². The van der Waals surface area contributed by atoms with Crippen molar-refractivity contribution in [3.63, 3.8) is 0 Å². The number of hydrogen-bond acceptors (Lipinski definition) is 5. The first-order valence-corrected chi connectivity index (χ1v) is 9.98. The Bertz CT molecular complexity index is 905. The second-order valence-electron chi connectivity index (χ2n) is 7.36. The number of carbonyl (C=O) groups is 2. The third-order valence-corrected chi connectivity index (χ3v) is 5.57. The first kappa shape index (κ1) is 19.4. The van der Waals surface area contributed by atoms with Gasteiger partial charge in [0.15, 0.2) is 0 Å². The van der Waals surface area contributed by atoms with Gasteiger partial charge in [-0.1, -0.05) is 60.7 Å². The van der Waals surface area contributed by atoms with E-state index < -0.39 is 17.7 Å². The monoisotopic (exact) mass is 391 g/mol. The number of Topliss-reactive ketones (excluding diaryl/α,β-unsaturated/α-hetero) is 1. The van der Waals surface area contributed by atoms with Crippen LogP contribution in [0.2, 0.25) is 0 Å². The molecule has 0 aromatic heterocycles. The van der Waals surface area contributed by atoms with Crippen LogP contribution in [-0.2, 0) is 9.59 Å². The molecule has 2 heterocycles. The van der Waals surface area contributed by atoms with E-state index in [2.05, 4.69) is 10.2 Å². The molecular formula is C23H25N3O3. The normalized spacial score (nSPS) is 22.2. The van der Waals surface area contributed by atoms with Crippen LogP contribution in [0.15, 0.2) is 66.2 Å². The van der Waals surface area contributed by atoms with Crippen molar-refractivity contribution >= 4 is 17.4 Å². The Morgan fingerprint density at radius 3 is 2.21 bits per heavy atom. The molecule has 0 aliphatic carbocycles. The van der Waals surface area contributed by atoms with Crippen LogP contribution < -0.4 is 5.32 Å². The van der Waals surface area contributed by atoms with E-state index in [1.54, 1.807) is 29.2 Å². The molecule has 2 aromatic rings. The van der Waals surface area contributed by atoms with E-state index in [-0.39, 0.29) is 11.3 Å². The Morgan fingerprint density at radius 2 is 1.55 bits per heavy atom. The van der Waals surface area contributed by atoms with Gasteiger partial charge >= 0.3 is 0 Å². The Kier molecular flexibility index (Phi) is 5.74. The van der Waals surface area contributed by atoms with Crippen LogP contribution in [0.25, 0.3) is 5.76 Å². The van der Waals surface area contributed by atoms with E-state index in [4.69, 9.17) is 0 Å². The van der Waals surface area contributed by atoms with Crippen molar-refractivity contribution in [3.8, 4) is 0 Å². The molecule has 0 radical (unpaired) electrons. The summed E-state index contributed by atoms with van der Waals surface area (Å²) in [6.45, 7) is 4.83. The predicted octanol–water partition coefficient (Wildman–Crippen LogP) is 2.01. The highest BCUT2D eigenvalue weighted by Crippen LogP contribution is 2.39. The molecule has 1 unspecified atom stereocenters. The number of benzene rings is 2. The van der Waals surface area contributed by atoms with Gasteiger partial charge in [-0.15, -0.1) is 0 Å². The number of nitrogens with zero attached hydrogens (tertiary/aromatic N) is 2. The first-order chi connectivity index (χ1) is 14.2. The number of likely N-dealkylation sites (tertiary alicyclic amines) is 1. The topological polar surface area (TPSA) is 72.9 Å². The lowest BCUT2D eigenvalue weighted by atomic mass is 9.95. The maximum absolute atomic E-state index is 12.9. The lowest BCUT2D eigenvalue weighted by Gasteiger charge is -2.31. The van der Waals surface area contributed by atoms with Crippen LogP contribution >= 0.6 is 0 Å². The standard InChI is InChI=1S/C23H25N3O3/c27-21(18-9-5-2-6-10-18)19-20(17-7-3-1-4-8-17)26(23(29)22(19)28)16-15-25-13-11-24-12-14-25/h1-10,20,24,27H,11-16H2/b21-19-. The summed E-state index contributed by atoms with van der Waals surface area (Å²) in [5.41, 5.74) is 1.52. The van der Waals surface area contributed by atoms with Gasteiger partial charge in [0, 0.05) is 44.8 Å². The molecule has 4 rings (SSSR count). The van der Waals surface area contributed by atoms with Crippen molar-refractivity contribution in [3.05, 3.63) is 77.4 Å². The summed E-state index contributed by atoms with van der Waals surface area (Å²) in [5, 5.41) is 14.3. The maximum Gasteiger partial charge on any atom is 0.295 e. The third kappa shape index (κ3) is 3.95. The molecule has 6 nitrogen and oxygen atoms in total. The van der Waals surface area contributed by atoms with Gasteiger partial charge in [0.2, 0.25) is 0 Å². The van der Waals surface area contributed by atoms with Crippen LogP contribution in [0.5, 0.6) is 0 Å². The van der Waals surface area contributed by atoms with Gasteiger partial charge in [-0.05, 0) is 5.56 Å². The minimum Gasteiger partial charge on any atom is -0.507 e. The Balaban J connectivity index is 1.70. The molecule has 0 spiro atoms. The molecule has 29 heavy (non-hydrogen) atoms. The fraction of sp³-hybridized carbons (Fsp3) is 0.304. The first-order valence-electron chi connectivity index (χ1n) is 9.98. The number of ketones is 1. The molecule has 2 aromatic carbocycles. The smallest absolute Gasteiger partial charge is 0.295 e. The molecule has 2 aliphatic rings. The zero-order valence-corrected chi connectivity index (χ0v) is 16.3. The van der Waals surface area contributed by atoms with Crippen molar-refractivity contribution in [2.45, 2.75) is 6.04 Å². The molecule has 0 bridgehead atoms. The van der Waals surface area contributed by atoms with Gasteiger partial charge < -0.3 is 15.3 Å². The summed E-state index contributed by atoms with van der Waals surface area (Å²) >= 11 is 0. The van der Waals surface area contributed by atoms with Gasteiger partial charge in [-0.25, -0.2) is 0 Å². The molecule has 2 aliphatic heterocycles. The molecule has 0 saturated carbocycles. The summed E-state index contributed by atoms with van der Waals surface area (Å²) in [4.78, 5) is 29.7. The van der Waals surface area contributed by atoms with Crippen molar-refractivity contribution in [2.75, 3.05) is 39.3 Å². The molecule has 2 fully saturated rings. The van der Waals surface area contributed by atoms with E-state index in [1.807, 2.05) is 36.4 Å². The van der Waals surface area contributed by atoms with Crippen LogP contribution in [0.1, 0.15) is 17.2 Å². The zero-order chi connectivity index (χ0) is 20.2. The molecule has 1 atom stereocenters. The van der Waals surface area contributed by atoms with E-state index in [9.17, 15) is 14.7 Å². The zero-order valence-electron chi connectivity index (χ0n) is 16.3. The minimum absolute atomic E-state index is 0.123. The van der Waals surface area contributed by atoms with Crippen LogP contribution in [0.4, 0.5) is 0 Å². The van der Waals surface area contributed by atoms with Crippen LogP contribution in [0, 0.1) is 0 Å². The van der Waals surface area contributed by atoms with Gasteiger partial charge in [-0.2, -0.15) is 0 Å². The van der Waals surface area contributed by atoms with Crippen LogP contribution in [-0.4, -0.2) is 65.9 Å². The Labute approximate surface area is 170 Å². The second-order valence-corrected chi connectivity index (χ2v) is 7.36. The van der Waals surface area contributed by atoms with Crippen molar-refractivity contribution in [2.24, 2.45) is 0 Å². The number of rotatable bonds is 5. The van der Waals surface area contributed by atoms with Gasteiger partial charge in [0.05, 0.1) is 11.6 Å².